The van der Waals surface area contributed by atoms with Gasteiger partial charge in [0, 0.05) is 23.1 Å². The van der Waals surface area contributed by atoms with Crippen LogP contribution in [0.2, 0.25) is 5.02 Å². The number of Topliss-reactive ketones (excluding diaryl/α,β-unsaturated/α-hetero) is 1. The second-order valence-electron chi connectivity index (χ2n) is 6.45. The molecule has 0 bridgehead atoms. The Hall–Kier alpha value is -3.11. The molecule has 5 heteroatoms. The van der Waals surface area contributed by atoms with E-state index < -0.39 is 5.97 Å². The summed E-state index contributed by atoms with van der Waals surface area (Å²) in [4.78, 5) is 24.6. The number of ether oxygens (including phenoxy) is 1. The second kappa shape index (κ2) is 7.49. The molecule has 3 aromatic rings. The Morgan fingerprint density at radius 3 is 2.79 bits per heavy atom. The largest absolute Gasteiger partial charge is 0.462 e. The van der Waals surface area contributed by atoms with Gasteiger partial charge in [0.2, 0.25) is 0 Å². The van der Waals surface area contributed by atoms with Gasteiger partial charge >= 0.3 is 5.97 Å². The topological polar surface area (TPSA) is 56.5 Å². The first-order chi connectivity index (χ1) is 13.6. The molecule has 140 valence electrons. The zero-order valence-corrected chi connectivity index (χ0v) is 16.0. The highest BCUT2D eigenvalue weighted by Crippen LogP contribution is 2.31. The van der Waals surface area contributed by atoms with E-state index in [1.54, 1.807) is 43.3 Å². The lowest BCUT2D eigenvalue weighted by molar-refractivity contribution is 0.0526. The van der Waals surface area contributed by atoms with Crippen molar-refractivity contribution in [3.05, 3.63) is 87.6 Å². The summed E-state index contributed by atoms with van der Waals surface area (Å²) in [7, 11) is 0. The Balaban J connectivity index is 1.62. The number of esters is 1. The lowest BCUT2D eigenvalue weighted by Gasteiger charge is -2.06. The van der Waals surface area contributed by atoms with E-state index in [0.29, 0.717) is 39.7 Å². The van der Waals surface area contributed by atoms with E-state index in [1.807, 2.05) is 24.3 Å². The summed E-state index contributed by atoms with van der Waals surface area (Å²) < 4.78 is 10.9. The molecule has 0 fully saturated rings. The number of rotatable bonds is 4. The summed E-state index contributed by atoms with van der Waals surface area (Å²) in [5.41, 5.74) is 3.47. The van der Waals surface area contributed by atoms with Gasteiger partial charge in [-0.05, 0) is 48.9 Å². The molecule has 0 N–H and O–H groups in total. The summed E-state index contributed by atoms with van der Waals surface area (Å²) in [5.74, 6) is 0.720. The van der Waals surface area contributed by atoms with Crippen LogP contribution in [-0.2, 0) is 11.2 Å². The van der Waals surface area contributed by atoms with Crippen LogP contribution in [0, 0.1) is 0 Å². The number of hydrogen-bond donors (Lipinski definition) is 0. The number of furan rings is 1. The van der Waals surface area contributed by atoms with E-state index >= 15 is 0 Å². The number of allylic oxidation sites excluding steroid dienone is 1. The Morgan fingerprint density at radius 1 is 1.18 bits per heavy atom. The fraction of sp³-hybridized carbons (Fsp3) is 0.130. The van der Waals surface area contributed by atoms with Gasteiger partial charge in [0.05, 0.1) is 17.2 Å². The highest BCUT2D eigenvalue weighted by molar-refractivity contribution is 6.33. The minimum absolute atomic E-state index is 0.0321. The van der Waals surface area contributed by atoms with Crippen LogP contribution in [0.3, 0.4) is 0 Å². The van der Waals surface area contributed by atoms with E-state index in [1.165, 1.54) is 0 Å². The fourth-order valence-corrected chi connectivity index (χ4v) is 3.47. The Bertz CT molecular complexity index is 1110. The van der Waals surface area contributed by atoms with Gasteiger partial charge in [0.25, 0.3) is 0 Å². The van der Waals surface area contributed by atoms with Gasteiger partial charge in [-0.15, -0.1) is 0 Å². The molecule has 0 saturated heterocycles. The molecule has 2 aromatic carbocycles. The van der Waals surface area contributed by atoms with Crippen molar-refractivity contribution in [3.8, 4) is 11.3 Å². The van der Waals surface area contributed by atoms with Crippen LogP contribution in [0.4, 0.5) is 0 Å². The molecule has 1 aromatic heterocycles. The van der Waals surface area contributed by atoms with Crippen molar-refractivity contribution in [2.75, 3.05) is 6.61 Å². The van der Waals surface area contributed by atoms with Crippen molar-refractivity contribution >= 4 is 29.4 Å². The molecular formula is C23H17ClO4. The number of halogens is 1. The number of hydrogen-bond acceptors (Lipinski definition) is 4. The minimum Gasteiger partial charge on any atom is -0.462 e. The normalized spacial score (nSPS) is 14.4. The predicted octanol–water partition coefficient (Wildman–Crippen LogP) is 5.60. The Labute approximate surface area is 167 Å². The fourth-order valence-electron chi connectivity index (χ4n) is 3.27. The molecule has 0 radical (unpaired) electrons. The van der Waals surface area contributed by atoms with Crippen molar-refractivity contribution in [1.82, 2.24) is 0 Å². The smallest absolute Gasteiger partial charge is 0.339 e. The molecule has 4 nitrogen and oxygen atoms in total. The number of carbonyl (C=O) groups excluding carboxylic acids is 2. The molecule has 4 rings (SSSR count). The number of ketones is 1. The Morgan fingerprint density at radius 2 is 2.00 bits per heavy atom. The van der Waals surface area contributed by atoms with Crippen LogP contribution in [0.5, 0.6) is 0 Å². The molecule has 28 heavy (non-hydrogen) atoms. The minimum atomic E-state index is -0.474. The molecule has 1 heterocycles. The average Bonchev–Trinajstić information content (AvgIpc) is 3.28. The molecule has 0 unspecified atom stereocenters. The van der Waals surface area contributed by atoms with Crippen molar-refractivity contribution in [3.63, 3.8) is 0 Å². The summed E-state index contributed by atoms with van der Waals surface area (Å²) in [5, 5.41) is 0.324. The number of fused-ring (bicyclic) bond motifs is 1. The van der Waals surface area contributed by atoms with Crippen molar-refractivity contribution in [2.45, 2.75) is 13.3 Å². The van der Waals surface area contributed by atoms with E-state index in [-0.39, 0.29) is 12.4 Å². The lowest BCUT2D eigenvalue weighted by Crippen LogP contribution is -2.05. The van der Waals surface area contributed by atoms with Gasteiger partial charge < -0.3 is 9.15 Å². The summed E-state index contributed by atoms with van der Waals surface area (Å²) in [6.45, 7) is 2.01. The first-order valence-electron chi connectivity index (χ1n) is 8.97. The summed E-state index contributed by atoms with van der Waals surface area (Å²) in [6, 6.07) is 16.3. The third-order valence-electron chi connectivity index (χ3n) is 4.62. The first-order valence-corrected chi connectivity index (χ1v) is 9.34. The predicted molar refractivity (Wildman–Crippen MR) is 108 cm³/mol. The molecule has 0 aliphatic heterocycles. The zero-order valence-electron chi connectivity index (χ0n) is 15.2. The molecule has 1 aliphatic carbocycles. The Kier molecular flexibility index (Phi) is 4.88. The van der Waals surface area contributed by atoms with E-state index in [2.05, 4.69) is 0 Å². The second-order valence-corrected chi connectivity index (χ2v) is 6.86. The van der Waals surface area contributed by atoms with Crippen LogP contribution >= 0.6 is 11.6 Å². The number of benzene rings is 2. The van der Waals surface area contributed by atoms with Crippen LogP contribution < -0.4 is 0 Å². The van der Waals surface area contributed by atoms with Crippen molar-refractivity contribution in [1.29, 1.82) is 0 Å². The van der Waals surface area contributed by atoms with Crippen LogP contribution in [-0.4, -0.2) is 18.4 Å². The maximum absolute atomic E-state index is 12.5. The summed E-state index contributed by atoms with van der Waals surface area (Å²) in [6.07, 6.45) is 2.37. The number of carbonyl (C=O) groups is 2. The van der Waals surface area contributed by atoms with Gasteiger partial charge in [-0.2, -0.15) is 0 Å². The SMILES string of the molecule is CCOC(=O)c1cc(-c2ccc(C=C3Cc4ccccc4C3=O)o2)ccc1Cl. The van der Waals surface area contributed by atoms with Crippen molar-refractivity contribution in [2.24, 2.45) is 0 Å². The average molecular weight is 393 g/mol. The van der Waals surface area contributed by atoms with Gasteiger partial charge in [0.1, 0.15) is 11.5 Å². The molecular weight excluding hydrogens is 376 g/mol. The monoisotopic (exact) mass is 392 g/mol. The molecule has 0 spiro atoms. The first kappa shape index (κ1) is 18.3. The van der Waals surface area contributed by atoms with Gasteiger partial charge in [0.15, 0.2) is 5.78 Å². The van der Waals surface area contributed by atoms with Crippen LogP contribution in [0.25, 0.3) is 17.4 Å². The maximum atomic E-state index is 12.5. The molecule has 1 aliphatic rings. The molecule has 0 saturated carbocycles. The summed E-state index contributed by atoms with van der Waals surface area (Å²) >= 11 is 6.11. The molecule has 0 atom stereocenters. The third kappa shape index (κ3) is 3.39. The third-order valence-corrected chi connectivity index (χ3v) is 4.95. The molecule has 0 amide bonds. The zero-order chi connectivity index (χ0) is 19.7. The standard InChI is InChI=1S/C23H17ClO4/c1-2-27-23(26)19-13-15(7-9-20(19)24)21-10-8-17(28-21)12-16-11-14-5-3-4-6-18(14)22(16)25/h3-10,12-13H,2,11H2,1H3. The van der Waals surface area contributed by atoms with E-state index in [0.717, 1.165) is 11.1 Å². The van der Waals surface area contributed by atoms with Gasteiger partial charge in [-0.1, -0.05) is 35.9 Å². The van der Waals surface area contributed by atoms with Crippen LogP contribution in [0.1, 0.15) is 39.0 Å². The highest BCUT2D eigenvalue weighted by atomic mass is 35.5. The van der Waals surface area contributed by atoms with E-state index in [9.17, 15) is 9.59 Å². The van der Waals surface area contributed by atoms with E-state index in [4.69, 9.17) is 20.8 Å². The maximum Gasteiger partial charge on any atom is 0.339 e. The van der Waals surface area contributed by atoms with Gasteiger partial charge in [-0.3, -0.25) is 4.79 Å². The van der Waals surface area contributed by atoms with Crippen LogP contribution in [0.15, 0.2) is 64.6 Å². The van der Waals surface area contributed by atoms with Gasteiger partial charge in [-0.25, -0.2) is 4.79 Å². The highest BCUT2D eigenvalue weighted by Gasteiger charge is 2.24. The quantitative estimate of drug-likeness (QED) is 0.428. The van der Waals surface area contributed by atoms with Crippen molar-refractivity contribution < 1.29 is 18.7 Å². The lowest BCUT2D eigenvalue weighted by atomic mass is 10.1.